The largest absolute Gasteiger partial charge is 0.394 e. The Kier molecular flexibility index (Phi) is 6.68. The van der Waals surface area contributed by atoms with Gasteiger partial charge in [0.15, 0.2) is 0 Å². The molecule has 2 N–H and O–H groups in total. The number of rotatable bonds is 5. The van der Waals surface area contributed by atoms with Crippen molar-refractivity contribution >= 4 is 24.1 Å². The topological polar surface area (TPSA) is 72.9 Å². The number of piperazine rings is 1. The van der Waals surface area contributed by atoms with Gasteiger partial charge in [0.05, 0.1) is 18.7 Å². The first-order valence-electron chi connectivity index (χ1n) is 12.4. The Morgan fingerprint density at radius 3 is 2.32 bits per heavy atom. The first-order valence-corrected chi connectivity index (χ1v) is 12.4. The number of hydrogen-bond donors (Lipinski definition) is 2. The Balaban J connectivity index is 1.27. The van der Waals surface area contributed by atoms with Gasteiger partial charge < -0.3 is 20.2 Å². The summed E-state index contributed by atoms with van der Waals surface area (Å²) in [6.45, 7) is 0.513. The molecule has 6 heteroatoms. The Hall–Kier alpha value is -3.12. The van der Waals surface area contributed by atoms with E-state index < -0.39 is 0 Å². The molecule has 3 fully saturated rings. The summed E-state index contributed by atoms with van der Waals surface area (Å²) in [5.74, 6) is -0.0563. The molecule has 2 aromatic carbocycles. The van der Waals surface area contributed by atoms with Gasteiger partial charge in [-0.3, -0.25) is 4.79 Å². The van der Waals surface area contributed by atoms with E-state index in [4.69, 9.17) is 0 Å². The van der Waals surface area contributed by atoms with Crippen molar-refractivity contribution in [2.75, 3.05) is 19.7 Å². The average Bonchev–Trinajstić information content (AvgIpc) is 2.86. The zero-order valence-electron chi connectivity index (χ0n) is 19.5. The van der Waals surface area contributed by atoms with E-state index in [1.54, 1.807) is 9.80 Å². The van der Waals surface area contributed by atoms with Gasteiger partial charge in [-0.1, -0.05) is 86.0 Å². The van der Waals surface area contributed by atoms with Gasteiger partial charge in [0.1, 0.15) is 6.54 Å². The van der Waals surface area contributed by atoms with Crippen LogP contribution in [0.15, 0.2) is 54.6 Å². The molecule has 0 unspecified atom stereocenters. The smallest absolute Gasteiger partial charge is 0.318 e. The highest BCUT2D eigenvalue weighted by Gasteiger charge is 2.54. The second kappa shape index (κ2) is 10.0. The van der Waals surface area contributed by atoms with Crippen LogP contribution in [0.5, 0.6) is 0 Å². The van der Waals surface area contributed by atoms with Gasteiger partial charge in [0.2, 0.25) is 5.91 Å². The maximum atomic E-state index is 12.9. The Morgan fingerprint density at radius 2 is 1.65 bits per heavy atom. The first kappa shape index (κ1) is 22.7. The molecule has 5 rings (SSSR count). The number of fused-ring (bicyclic) bond motifs is 1. The third-order valence-electron chi connectivity index (χ3n) is 7.56. The van der Waals surface area contributed by atoms with Crippen molar-refractivity contribution in [1.82, 2.24) is 15.1 Å². The lowest BCUT2D eigenvalue weighted by molar-refractivity contribution is -0.159. The Labute approximate surface area is 201 Å². The van der Waals surface area contributed by atoms with E-state index in [0.717, 1.165) is 42.4 Å². The molecule has 2 heterocycles. The molecule has 0 spiro atoms. The molecular formula is C28H33N3O3. The molecule has 2 aromatic rings. The van der Waals surface area contributed by atoms with E-state index in [1.165, 1.54) is 6.42 Å². The van der Waals surface area contributed by atoms with Gasteiger partial charge in [-0.05, 0) is 29.5 Å². The molecule has 3 aliphatic rings. The van der Waals surface area contributed by atoms with Crippen molar-refractivity contribution in [3.05, 3.63) is 71.3 Å². The predicted molar refractivity (Wildman–Crippen MR) is 133 cm³/mol. The van der Waals surface area contributed by atoms with E-state index >= 15 is 0 Å². The lowest BCUT2D eigenvalue weighted by Crippen LogP contribution is -2.74. The van der Waals surface area contributed by atoms with Gasteiger partial charge in [0.25, 0.3) is 0 Å². The average molecular weight is 460 g/mol. The normalized spacial score (nSPS) is 25.2. The van der Waals surface area contributed by atoms with Crippen molar-refractivity contribution in [3.8, 4) is 0 Å². The molecule has 1 saturated carbocycles. The molecule has 178 valence electrons. The minimum Gasteiger partial charge on any atom is -0.394 e. The van der Waals surface area contributed by atoms with Gasteiger partial charge in [-0.15, -0.1) is 0 Å². The van der Waals surface area contributed by atoms with Crippen molar-refractivity contribution in [2.45, 2.75) is 56.1 Å². The lowest BCUT2D eigenvalue weighted by atomic mass is 9.73. The van der Waals surface area contributed by atoms with E-state index in [-0.39, 0.29) is 49.1 Å². The van der Waals surface area contributed by atoms with Crippen LogP contribution in [0.1, 0.15) is 54.7 Å². The number of nitrogens with zero attached hydrogens (tertiary/aromatic N) is 2. The number of nitrogens with one attached hydrogen (secondary N) is 1. The summed E-state index contributed by atoms with van der Waals surface area (Å²) in [6.07, 6.45) is 9.73. The van der Waals surface area contributed by atoms with Crippen LogP contribution in [0.25, 0.3) is 12.2 Å². The lowest BCUT2D eigenvalue weighted by Gasteiger charge is -2.58. The minimum atomic E-state index is -0.230. The summed E-state index contributed by atoms with van der Waals surface area (Å²) in [4.78, 5) is 29.2. The quantitative estimate of drug-likeness (QED) is 0.667. The highest BCUT2D eigenvalue weighted by molar-refractivity contribution is 5.87. The zero-order valence-corrected chi connectivity index (χ0v) is 19.5. The molecule has 3 atom stereocenters. The van der Waals surface area contributed by atoms with Crippen molar-refractivity contribution in [1.29, 1.82) is 0 Å². The molecule has 0 radical (unpaired) electrons. The van der Waals surface area contributed by atoms with Crippen LogP contribution in [0.4, 0.5) is 4.79 Å². The molecule has 3 amide bonds. The molecule has 6 nitrogen and oxygen atoms in total. The first-order chi connectivity index (χ1) is 16.6. The highest BCUT2D eigenvalue weighted by Crippen LogP contribution is 2.43. The zero-order chi connectivity index (χ0) is 23.5. The molecular weight excluding hydrogens is 426 g/mol. The second-order valence-corrected chi connectivity index (χ2v) is 9.72. The fraction of sp³-hybridized carbons (Fsp3) is 0.429. The summed E-state index contributed by atoms with van der Waals surface area (Å²) >= 11 is 0. The number of benzene rings is 2. The third-order valence-corrected chi connectivity index (χ3v) is 7.56. The number of urea groups is 1. The number of amides is 3. The number of carbonyl (C=O) groups excluding carboxylic acids is 2. The van der Waals surface area contributed by atoms with E-state index in [0.29, 0.717) is 6.54 Å². The van der Waals surface area contributed by atoms with Crippen molar-refractivity contribution in [2.24, 2.45) is 0 Å². The fourth-order valence-corrected chi connectivity index (χ4v) is 5.75. The summed E-state index contributed by atoms with van der Waals surface area (Å²) in [5, 5.41) is 13.2. The Morgan fingerprint density at radius 1 is 0.971 bits per heavy atom. The molecule has 0 bridgehead atoms. The molecule has 2 aliphatic heterocycles. The monoisotopic (exact) mass is 459 g/mol. The van der Waals surface area contributed by atoms with Crippen LogP contribution >= 0.6 is 0 Å². The van der Waals surface area contributed by atoms with E-state index in [1.807, 2.05) is 18.2 Å². The predicted octanol–water partition coefficient (Wildman–Crippen LogP) is 3.87. The highest BCUT2D eigenvalue weighted by atomic mass is 16.3. The second-order valence-electron chi connectivity index (χ2n) is 9.72. The van der Waals surface area contributed by atoms with Gasteiger partial charge in [-0.25, -0.2) is 4.79 Å². The maximum Gasteiger partial charge on any atom is 0.318 e. The standard InChI is InChI=1S/C28H33N3O3/c32-19-25-27(22-15-13-21(14-16-22)12-11-20-7-3-1-4-8-20)24-17-30(18-26(33)31(24)25)28(34)29-23-9-5-2-6-10-23/h1,3-4,7-8,11-16,23-25,27,32H,2,5-6,9-10,17-19H2,(H,29,34)/b12-11+/t24-,25-,27+/m1/s1. The molecule has 2 saturated heterocycles. The summed E-state index contributed by atoms with van der Waals surface area (Å²) in [6, 6.07) is 18.2. The number of aliphatic hydroxyl groups excluding tert-OH is 1. The van der Waals surface area contributed by atoms with Crippen LogP contribution in [-0.2, 0) is 4.79 Å². The number of aliphatic hydroxyl groups is 1. The third kappa shape index (κ3) is 4.60. The van der Waals surface area contributed by atoms with Crippen LogP contribution < -0.4 is 5.32 Å². The fourth-order valence-electron chi connectivity index (χ4n) is 5.75. The molecule has 0 aromatic heterocycles. The summed E-state index contributed by atoms with van der Waals surface area (Å²) in [5.41, 5.74) is 3.34. The number of carbonyl (C=O) groups is 2. The molecule has 1 aliphatic carbocycles. The SMILES string of the molecule is O=C(NC1CCCCC1)N1CC(=O)N2[C@H](CO)[C@@H](c3ccc(/C=C/c4ccccc4)cc3)[C@H]2C1. The van der Waals surface area contributed by atoms with E-state index in [2.05, 4.69) is 53.9 Å². The van der Waals surface area contributed by atoms with Gasteiger partial charge in [0, 0.05) is 18.5 Å². The Bertz CT molecular complexity index is 1030. The van der Waals surface area contributed by atoms with Crippen molar-refractivity contribution < 1.29 is 14.7 Å². The summed E-state index contributed by atoms with van der Waals surface area (Å²) < 4.78 is 0. The van der Waals surface area contributed by atoms with Crippen LogP contribution in [0, 0.1) is 0 Å². The van der Waals surface area contributed by atoms with Crippen LogP contribution in [-0.4, -0.2) is 64.7 Å². The number of hydrogen-bond acceptors (Lipinski definition) is 3. The van der Waals surface area contributed by atoms with E-state index in [9.17, 15) is 14.7 Å². The van der Waals surface area contributed by atoms with Gasteiger partial charge in [-0.2, -0.15) is 0 Å². The minimum absolute atomic E-state index is 0.0198. The van der Waals surface area contributed by atoms with Crippen LogP contribution in [0.2, 0.25) is 0 Å². The summed E-state index contributed by atoms with van der Waals surface area (Å²) in [7, 11) is 0. The van der Waals surface area contributed by atoms with Crippen molar-refractivity contribution in [3.63, 3.8) is 0 Å². The molecule has 34 heavy (non-hydrogen) atoms. The van der Waals surface area contributed by atoms with Gasteiger partial charge >= 0.3 is 6.03 Å². The van der Waals surface area contributed by atoms with Crippen LogP contribution in [0.3, 0.4) is 0 Å². The maximum absolute atomic E-state index is 12.9.